The first-order valence-corrected chi connectivity index (χ1v) is 20.8. The SMILES string of the molecule is CCN1/C(=C/C=C2\CCC(/C=C/C3=[N+](CC)c4ccc(OCCOC)cc4C3(C)C)=C2N(c2ccccc2)c2ccccc2)C(C)(C)c2cc(OCCOC)ccc21. The van der Waals surface area contributed by atoms with Crippen molar-refractivity contribution in [1.82, 2.24) is 0 Å². The number of likely N-dealkylation sites (N-methyl/N-ethyl adjacent to an activating group) is 1. The summed E-state index contributed by atoms with van der Waals surface area (Å²) in [5.74, 6) is 1.75. The van der Waals surface area contributed by atoms with Crippen molar-refractivity contribution in [3.63, 3.8) is 0 Å². The quantitative estimate of drug-likeness (QED) is 0.0834. The van der Waals surface area contributed by atoms with Gasteiger partial charge in [0.2, 0.25) is 5.69 Å². The highest BCUT2D eigenvalue weighted by Crippen LogP contribution is 2.50. The minimum atomic E-state index is -0.217. The van der Waals surface area contributed by atoms with Gasteiger partial charge in [-0.25, -0.2) is 0 Å². The zero-order valence-corrected chi connectivity index (χ0v) is 35.7. The van der Waals surface area contributed by atoms with Crippen LogP contribution in [0, 0.1) is 0 Å². The Morgan fingerprint density at radius 3 is 1.86 bits per heavy atom. The lowest BCUT2D eigenvalue weighted by atomic mass is 9.81. The fraction of sp³-hybridized carbons (Fsp3) is 0.353. The Morgan fingerprint density at radius 2 is 1.28 bits per heavy atom. The van der Waals surface area contributed by atoms with Crippen LogP contribution < -0.4 is 19.3 Å². The number of benzene rings is 4. The summed E-state index contributed by atoms with van der Waals surface area (Å²) in [5.41, 5.74) is 13.3. The largest absolute Gasteiger partial charge is 0.491 e. The lowest BCUT2D eigenvalue weighted by Gasteiger charge is -2.29. The van der Waals surface area contributed by atoms with E-state index in [1.165, 1.54) is 50.8 Å². The number of hydrogen-bond donors (Lipinski definition) is 0. The molecule has 0 spiro atoms. The normalized spacial score (nSPS) is 18.2. The van der Waals surface area contributed by atoms with Crippen molar-refractivity contribution in [2.45, 2.75) is 65.2 Å². The molecule has 0 fully saturated rings. The molecule has 7 heteroatoms. The van der Waals surface area contributed by atoms with Crippen LogP contribution in [0.1, 0.15) is 65.5 Å². The number of allylic oxidation sites excluding steroid dienone is 7. The molecular formula is C51H60N3O4+. The molecule has 302 valence electrons. The summed E-state index contributed by atoms with van der Waals surface area (Å²) < 4.78 is 25.1. The van der Waals surface area contributed by atoms with Crippen molar-refractivity contribution >= 4 is 28.5 Å². The molecule has 0 aromatic heterocycles. The highest BCUT2D eigenvalue weighted by atomic mass is 16.5. The van der Waals surface area contributed by atoms with Gasteiger partial charge in [-0.15, -0.1) is 0 Å². The lowest BCUT2D eigenvalue weighted by Crippen LogP contribution is -2.27. The first-order chi connectivity index (χ1) is 28.1. The third-order valence-electron chi connectivity index (χ3n) is 11.9. The van der Waals surface area contributed by atoms with Gasteiger partial charge in [-0.05, 0) is 118 Å². The highest BCUT2D eigenvalue weighted by Gasteiger charge is 2.44. The third-order valence-corrected chi connectivity index (χ3v) is 11.9. The van der Waals surface area contributed by atoms with Gasteiger partial charge >= 0.3 is 0 Å². The van der Waals surface area contributed by atoms with E-state index in [-0.39, 0.29) is 10.8 Å². The number of anilines is 3. The van der Waals surface area contributed by atoms with Crippen LogP contribution in [0.25, 0.3) is 0 Å². The smallest absolute Gasteiger partial charge is 0.210 e. The van der Waals surface area contributed by atoms with Gasteiger partial charge in [0.1, 0.15) is 31.3 Å². The van der Waals surface area contributed by atoms with Crippen molar-refractivity contribution in [3.8, 4) is 11.5 Å². The summed E-state index contributed by atoms with van der Waals surface area (Å²) in [4.78, 5) is 4.91. The Morgan fingerprint density at radius 1 is 0.672 bits per heavy atom. The molecule has 2 aliphatic heterocycles. The molecule has 3 aliphatic rings. The van der Waals surface area contributed by atoms with Crippen LogP contribution >= 0.6 is 0 Å². The van der Waals surface area contributed by atoms with Gasteiger partial charge in [-0.2, -0.15) is 4.58 Å². The van der Waals surface area contributed by atoms with Gasteiger partial charge in [0.05, 0.1) is 24.3 Å². The fourth-order valence-corrected chi connectivity index (χ4v) is 8.90. The predicted octanol–water partition coefficient (Wildman–Crippen LogP) is 11.2. The van der Waals surface area contributed by atoms with Crippen LogP contribution in [-0.4, -0.2) is 64.0 Å². The number of hydrogen-bond acceptors (Lipinski definition) is 6. The van der Waals surface area contributed by atoms with Crippen LogP contribution in [0.5, 0.6) is 11.5 Å². The molecule has 58 heavy (non-hydrogen) atoms. The van der Waals surface area contributed by atoms with E-state index in [0.29, 0.717) is 26.4 Å². The van der Waals surface area contributed by atoms with Crippen molar-refractivity contribution in [2.24, 2.45) is 0 Å². The third kappa shape index (κ3) is 7.90. The Labute approximate surface area is 346 Å². The van der Waals surface area contributed by atoms with Crippen LogP contribution in [-0.2, 0) is 20.3 Å². The van der Waals surface area contributed by atoms with Gasteiger partial charge in [0.15, 0.2) is 5.71 Å². The topological polar surface area (TPSA) is 46.4 Å². The maximum Gasteiger partial charge on any atom is 0.210 e. The van der Waals surface area contributed by atoms with Crippen molar-refractivity contribution in [3.05, 3.63) is 155 Å². The standard InChI is InChI=1S/C51H60N3O4/c1-9-52-45-27-25-41(57-33-31-55-7)35-43(45)50(3,4)47(52)29-23-37-21-22-38(49(37)54(39-17-13-11-14-18-39)40-19-15-12-16-20-40)24-30-48-51(5,6)44-36-42(58-34-32-56-8)26-28-46(44)53(48)10-2/h11-20,23-30,35-36H,9-10,21-22,31-34H2,1-8H3/q+1. The van der Waals surface area contributed by atoms with Crippen LogP contribution in [0.2, 0.25) is 0 Å². The van der Waals surface area contributed by atoms with Crippen molar-refractivity contribution in [2.75, 3.05) is 63.5 Å². The number of fused-ring (bicyclic) bond motifs is 2. The van der Waals surface area contributed by atoms with Gasteiger partial charge in [0, 0.05) is 66.6 Å². The van der Waals surface area contributed by atoms with E-state index in [1.54, 1.807) is 14.2 Å². The first kappa shape index (κ1) is 40.8. The molecule has 0 unspecified atom stereocenters. The number of ether oxygens (including phenoxy) is 4. The van der Waals surface area contributed by atoms with Gasteiger partial charge in [-0.3, -0.25) is 0 Å². The average molecular weight is 779 g/mol. The molecule has 0 radical (unpaired) electrons. The minimum Gasteiger partial charge on any atom is -0.491 e. The van der Waals surface area contributed by atoms with E-state index in [1.807, 2.05) is 0 Å². The lowest BCUT2D eigenvalue weighted by molar-refractivity contribution is -0.433. The summed E-state index contributed by atoms with van der Waals surface area (Å²) in [7, 11) is 3.41. The Hall–Kier alpha value is -5.37. The molecule has 1 aliphatic carbocycles. The zero-order valence-electron chi connectivity index (χ0n) is 35.7. The second-order valence-corrected chi connectivity index (χ2v) is 16.1. The second-order valence-electron chi connectivity index (χ2n) is 16.1. The summed E-state index contributed by atoms with van der Waals surface area (Å²) in [6.07, 6.45) is 11.4. The molecule has 2 heterocycles. The Kier molecular flexibility index (Phi) is 12.4. The van der Waals surface area contributed by atoms with Crippen LogP contribution in [0.3, 0.4) is 0 Å². The molecule has 0 amide bonds. The van der Waals surface area contributed by atoms with Crippen molar-refractivity contribution < 1.29 is 23.5 Å². The second kappa shape index (κ2) is 17.6. The fourth-order valence-electron chi connectivity index (χ4n) is 8.90. The van der Waals surface area contributed by atoms with E-state index in [4.69, 9.17) is 18.9 Å². The molecule has 0 atom stereocenters. The number of rotatable bonds is 16. The zero-order chi connectivity index (χ0) is 40.9. The summed E-state index contributed by atoms with van der Waals surface area (Å²) in [6, 6.07) is 34.6. The molecule has 0 saturated carbocycles. The molecular weight excluding hydrogens is 719 g/mol. The number of methoxy groups -OCH3 is 2. The van der Waals surface area contributed by atoms with E-state index in [2.05, 4.69) is 177 Å². The van der Waals surface area contributed by atoms with Gasteiger partial charge in [0.25, 0.3) is 0 Å². The number of para-hydroxylation sites is 2. The molecule has 0 bridgehead atoms. The maximum atomic E-state index is 6.07. The summed E-state index contributed by atoms with van der Waals surface area (Å²) >= 11 is 0. The van der Waals surface area contributed by atoms with Crippen LogP contribution in [0.4, 0.5) is 22.7 Å². The van der Waals surface area contributed by atoms with E-state index in [9.17, 15) is 0 Å². The van der Waals surface area contributed by atoms with E-state index in [0.717, 1.165) is 48.8 Å². The Balaban J connectivity index is 1.33. The molecule has 0 saturated heterocycles. The number of nitrogens with zero attached hydrogens (tertiary/aromatic N) is 3. The summed E-state index contributed by atoms with van der Waals surface area (Å²) in [6.45, 7) is 17.7. The van der Waals surface area contributed by atoms with Gasteiger partial charge < -0.3 is 28.7 Å². The molecule has 7 rings (SSSR count). The minimum absolute atomic E-state index is 0.217. The van der Waals surface area contributed by atoms with Gasteiger partial charge in [-0.1, -0.05) is 62.4 Å². The van der Waals surface area contributed by atoms with E-state index >= 15 is 0 Å². The molecule has 7 nitrogen and oxygen atoms in total. The first-order valence-electron chi connectivity index (χ1n) is 20.8. The average Bonchev–Trinajstić information content (AvgIpc) is 3.80. The Bertz CT molecular complexity index is 2210. The predicted molar refractivity (Wildman–Crippen MR) is 239 cm³/mol. The molecule has 0 N–H and O–H groups in total. The monoisotopic (exact) mass is 778 g/mol. The van der Waals surface area contributed by atoms with E-state index < -0.39 is 0 Å². The van der Waals surface area contributed by atoms with Crippen molar-refractivity contribution in [1.29, 1.82) is 0 Å². The summed E-state index contributed by atoms with van der Waals surface area (Å²) in [5, 5.41) is 0. The molecule has 4 aromatic rings. The van der Waals surface area contributed by atoms with Crippen LogP contribution in [0.15, 0.2) is 144 Å². The highest BCUT2D eigenvalue weighted by molar-refractivity contribution is 6.03. The molecule has 4 aromatic carbocycles. The maximum absolute atomic E-state index is 6.07.